The Bertz CT molecular complexity index is 210. The normalized spacial score (nSPS) is 46.2. The van der Waals surface area contributed by atoms with E-state index >= 15 is 0 Å². The van der Waals surface area contributed by atoms with Crippen molar-refractivity contribution < 1.29 is 10.2 Å². The summed E-state index contributed by atoms with van der Waals surface area (Å²) in [6.07, 6.45) is 5.34. The number of rotatable bonds is 2. The maximum absolute atomic E-state index is 9.86. The van der Waals surface area contributed by atoms with Gasteiger partial charge in [-0.1, -0.05) is 0 Å². The second kappa shape index (κ2) is 4.81. The van der Waals surface area contributed by atoms with Gasteiger partial charge in [-0.25, -0.2) is 0 Å². The van der Waals surface area contributed by atoms with Crippen LogP contribution in [0.5, 0.6) is 0 Å². The fourth-order valence-electron chi connectivity index (χ4n) is 3.59. The highest BCUT2D eigenvalue weighted by Crippen LogP contribution is 2.43. The van der Waals surface area contributed by atoms with Gasteiger partial charge in [0.2, 0.25) is 0 Å². The van der Waals surface area contributed by atoms with Crippen LogP contribution >= 0.6 is 0 Å². The number of aliphatic hydroxyl groups excluding tert-OH is 2. The third kappa shape index (κ3) is 2.19. The van der Waals surface area contributed by atoms with Crippen LogP contribution in [-0.4, -0.2) is 36.0 Å². The summed E-state index contributed by atoms with van der Waals surface area (Å²) in [5, 5.41) is 22.6. The minimum atomic E-state index is -0.262. The Balaban J connectivity index is 2.01. The van der Waals surface area contributed by atoms with E-state index in [-0.39, 0.29) is 18.6 Å². The molecule has 3 heteroatoms. The Labute approximate surface area is 91.9 Å². The molecule has 5 unspecified atom stereocenters. The van der Waals surface area contributed by atoms with E-state index in [9.17, 15) is 10.2 Å². The lowest BCUT2D eigenvalue weighted by atomic mass is 9.63. The molecule has 0 amide bonds. The van der Waals surface area contributed by atoms with Gasteiger partial charge in [-0.2, -0.15) is 0 Å². The molecular weight excluding hydrogens is 190 g/mol. The zero-order chi connectivity index (χ0) is 10.8. The summed E-state index contributed by atoms with van der Waals surface area (Å²) in [6.45, 7) is 0.159. The Morgan fingerprint density at radius 3 is 2.67 bits per heavy atom. The molecule has 0 heterocycles. The second-order valence-corrected chi connectivity index (χ2v) is 5.21. The van der Waals surface area contributed by atoms with Crippen LogP contribution in [0.3, 0.4) is 0 Å². The molecule has 2 fully saturated rings. The minimum absolute atomic E-state index is 0.140. The summed E-state index contributed by atoms with van der Waals surface area (Å²) >= 11 is 0. The van der Waals surface area contributed by atoms with Crippen molar-refractivity contribution in [3.8, 4) is 0 Å². The van der Waals surface area contributed by atoms with E-state index in [0.29, 0.717) is 12.0 Å². The molecule has 3 nitrogen and oxygen atoms in total. The second-order valence-electron chi connectivity index (χ2n) is 5.21. The molecule has 3 N–H and O–H groups in total. The zero-order valence-electron chi connectivity index (χ0n) is 9.52. The van der Waals surface area contributed by atoms with E-state index in [4.69, 9.17) is 0 Å². The monoisotopic (exact) mass is 213 g/mol. The van der Waals surface area contributed by atoms with Crippen LogP contribution in [0.1, 0.15) is 32.1 Å². The fourth-order valence-corrected chi connectivity index (χ4v) is 3.59. The fraction of sp³-hybridized carbons (Fsp3) is 1.00. The Morgan fingerprint density at radius 2 is 2.00 bits per heavy atom. The van der Waals surface area contributed by atoms with Crippen LogP contribution in [0.15, 0.2) is 0 Å². The summed E-state index contributed by atoms with van der Waals surface area (Å²) < 4.78 is 0. The lowest BCUT2D eigenvalue weighted by Crippen LogP contribution is -2.46. The Hall–Kier alpha value is -0.120. The first-order valence-corrected chi connectivity index (χ1v) is 6.22. The van der Waals surface area contributed by atoms with Crippen LogP contribution in [0.2, 0.25) is 0 Å². The van der Waals surface area contributed by atoms with Gasteiger partial charge in [0.1, 0.15) is 0 Å². The molecule has 5 atom stereocenters. The molecule has 15 heavy (non-hydrogen) atoms. The van der Waals surface area contributed by atoms with Gasteiger partial charge in [0.15, 0.2) is 0 Å². The van der Waals surface area contributed by atoms with Crippen molar-refractivity contribution in [2.75, 3.05) is 13.7 Å². The summed E-state index contributed by atoms with van der Waals surface area (Å²) in [7, 11) is 2.03. The quantitative estimate of drug-likeness (QED) is 0.634. The van der Waals surface area contributed by atoms with Gasteiger partial charge in [-0.15, -0.1) is 0 Å². The third-order valence-corrected chi connectivity index (χ3v) is 4.54. The van der Waals surface area contributed by atoms with E-state index in [1.165, 1.54) is 19.3 Å². The van der Waals surface area contributed by atoms with Crippen LogP contribution in [0, 0.1) is 17.8 Å². The summed E-state index contributed by atoms with van der Waals surface area (Å²) in [6, 6.07) is 0.654. The number of hydrogen-bond donors (Lipinski definition) is 3. The van der Waals surface area contributed by atoms with E-state index in [2.05, 4.69) is 5.32 Å². The SMILES string of the molecule is CNC1CCC2C(CCC(O)C2CO)C1. The van der Waals surface area contributed by atoms with Gasteiger partial charge in [0, 0.05) is 18.6 Å². The number of fused-ring (bicyclic) bond motifs is 1. The predicted molar refractivity (Wildman–Crippen MR) is 59.5 cm³/mol. The van der Waals surface area contributed by atoms with Crippen molar-refractivity contribution in [2.24, 2.45) is 17.8 Å². The van der Waals surface area contributed by atoms with Gasteiger partial charge in [-0.3, -0.25) is 0 Å². The molecule has 0 bridgehead atoms. The van der Waals surface area contributed by atoms with Crippen molar-refractivity contribution in [1.82, 2.24) is 5.32 Å². The predicted octanol–water partition coefficient (Wildman–Crippen LogP) is 0.754. The largest absolute Gasteiger partial charge is 0.396 e. The maximum atomic E-state index is 9.86. The van der Waals surface area contributed by atoms with Crippen molar-refractivity contribution in [2.45, 2.75) is 44.2 Å². The molecule has 0 spiro atoms. The van der Waals surface area contributed by atoms with Gasteiger partial charge >= 0.3 is 0 Å². The van der Waals surface area contributed by atoms with Crippen molar-refractivity contribution in [3.05, 3.63) is 0 Å². The minimum Gasteiger partial charge on any atom is -0.396 e. The van der Waals surface area contributed by atoms with Crippen molar-refractivity contribution in [1.29, 1.82) is 0 Å². The standard InChI is InChI=1S/C12H23NO2/c1-13-9-3-4-10-8(6-9)2-5-12(15)11(10)7-14/h8-15H,2-7H2,1H3. The topological polar surface area (TPSA) is 52.5 Å². The van der Waals surface area contributed by atoms with Crippen molar-refractivity contribution >= 4 is 0 Å². The molecule has 0 aliphatic heterocycles. The molecule has 2 saturated carbocycles. The Morgan fingerprint density at radius 1 is 1.20 bits per heavy atom. The van der Waals surface area contributed by atoms with Crippen LogP contribution in [0.4, 0.5) is 0 Å². The molecule has 2 aliphatic carbocycles. The lowest BCUT2D eigenvalue weighted by molar-refractivity contribution is -0.0437. The van der Waals surface area contributed by atoms with E-state index in [1.807, 2.05) is 7.05 Å². The molecule has 88 valence electrons. The number of nitrogens with one attached hydrogen (secondary N) is 1. The highest BCUT2D eigenvalue weighted by molar-refractivity contribution is 4.92. The molecule has 2 aliphatic rings. The Kier molecular flexibility index (Phi) is 3.65. The number of hydrogen-bond acceptors (Lipinski definition) is 3. The summed E-state index contributed by atoms with van der Waals surface area (Å²) in [5.41, 5.74) is 0. The summed E-state index contributed by atoms with van der Waals surface area (Å²) in [4.78, 5) is 0. The first kappa shape index (κ1) is 11.4. The van der Waals surface area contributed by atoms with Gasteiger partial charge < -0.3 is 15.5 Å². The van der Waals surface area contributed by atoms with Crippen LogP contribution in [-0.2, 0) is 0 Å². The molecule has 0 saturated heterocycles. The first-order valence-electron chi connectivity index (χ1n) is 6.22. The third-order valence-electron chi connectivity index (χ3n) is 4.54. The summed E-state index contributed by atoms with van der Waals surface area (Å²) in [5.74, 6) is 1.42. The smallest absolute Gasteiger partial charge is 0.0593 e. The molecule has 0 aromatic heterocycles. The van der Waals surface area contributed by atoms with Crippen LogP contribution in [0.25, 0.3) is 0 Å². The first-order chi connectivity index (χ1) is 7.26. The molecule has 2 rings (SSSR count). The number of aliphatic hydroxyl groups is 2. The van der Waals surface area contributed by atoms with Gasteiger partial charge in [0.05, 0.1) is 6.10 Å². The molecular formula is C12H23NO2. The van der Waals surface area contributed by atoms with E-state index in [1.54, 1.807) is 0 Å². The van der Waals surface area contributed by atoms with Crippen LogP contribution < -0.4 is 5.32 Å². The van der Waals surface area contributed by atoms with E-state index in [0.717, 1.165) is 18.8 Å². The maximum Gasteiger partial charge on any atom is 0.0593 e. The average molecular weight is 213 g/mol. The van der Waals surface area contributed by atoms with E-state index < -0.39 is 0 Å². The van der Waals surface area contributed by atoms with Gasteiger partial charge in [-0.05, 0) is 51.0 Å². The zero-order valence-corrected chi connectivity index (χ0v) is 9.52. The average Bonchev–Trinajstić information content (AvgIpc) is 2.28. The van der Waals surface area contributed by atoms with Gasteiger partial charge in [0.25, 0.3) is 0 Å². The molecule has 0 aromatic carbocycles. The lowest BCUT2D eigenvalue weighted by Gasteiger charge is -2.45. The molecule has 0 aromatic rings. The highest BCUT2D eigenvalue weighted by Gasteiger charge is 2.41. The highest BCUT2D eigenvalue weighted by atomic mass is 16.3. The molecule has 0 radical (unpaired) electrons. The van der Waals surface area contributed by atoms with Crippen molar-refractivity contribution in [3.63, 3.8) is 0 Å².